The van der Waals surface area contributed by atoms with E-state index in [1.165, 1.54) is 5.56 Å². The van der Waals surface area contributed by atoms with Gasteiger partial charge in [-0.15, -0.1) is 0 Å². The monoisotopic (exact) mass is 310 g/mol. The Bertz CT molecular complexity index is 808. The van der Waals surface area contributed by atoms with E-state index >= 15 is 0 Å². The molecule has 0 aliphatic heterocycles. The molecule has 0 aliphatic carbocycles. The van der Waals surface area contributed by atoms with Crippen molar-refractivity contribution in [3.63, 3.8) is 0 Å². The van der Waals surface area contributed by atoms with Crippen LogP contribution in [-0.4, -0.2) is 19.5 Å². The first kappa shape index (κ1) is 14.7. The van der Waals surface area contributed by atoms with Crippen LogP contribution in [0.4, 0.5) is 0 Å². The fourth-order valence-corrected chi connectivity index (χ4v) is 2.62. The maximum absolute atomic E-state index is 5.66. The number of rotatable bonds is 5. The fraction of sp³-hybridized carbons (Fsp3) is 0.235. The lowest BCUT2D eigenvalue weighted by Gasteiger charge is -2.08. The average molecular weight is 310 g/mol. The summed E-state index contributed by atoms with van der Waals surface area (Å²) in [6, 6.07) is 12.4. The van der Waals surface area contributed by atoms with Gasteiger partial charge in [0.25, 0.3) is 0 Å². The quantitative estimate of drug-likeness (QED) is 0.736. The molecule has 0 unspecified atom stereocenters. The third kappa shape index (κ3) is 3.14. The van der Waals surface area contributed by atoms with E-state index < -0.39 is 0 Å². The predicted octanol–water partition coefficient (Wildman–Crippen LogP) is 3.01. The van der Waals surface area contributed by atoms with E-state index in [2.05, 4.69) is 27.8 Å². The van der Waals surface area contributed by atoms with Crippen LogP contribution in [-0.2, 0) is 13.0 Å². The summed E-state index contributed by atoms with van der Waals surface area (Å²) in [5.74, 6) is 0.996. The van der Waals surface area contributed by atoms with Crippen LogP contribution in [0, 0.1) is 6.92 Å². The highest BCUT2D eigenvalue weighted by Crippen LogP contribution is 2.18. The van der Waals surface area contributed by atoms with E-state index in [0.717, 1.165) is 29.0 Å². The Kier molecular flexibility index (Phi) is 4.15. The average Bonchev–Trinajstić information content (AvgIpc) is 2.82. The summed E-state index contributed by atoms with van der Waals surface area (Å²) in [6.07, 6.45) is 3.29. The van der Waals surface area contributed by atoms with Crippen LogP contribution < -0.4 is 5.73 Å². The lowest BCUT2D eigenvalue weighted by molar-refractivity contribution is 0.698. The van der Waals surface area contributed by atoms with Gasteiger partial charge < -0.3 is 10.3 Å². The van der Waals surface area contributed by atoms with Crippen molar-refractivity contribution in [2.24, 2.45) is 5.73 Å². The SMILES string of the molecule is Cc1cnc2c(c1)nc(Cc1ccccc1)n2CCC(N)=S. The summed E-state index contributed by atoms with van der Waals surface area (Å²) >= 11 is 5.01. The van der Waals surface area contributed by atoms with Crippen molar-refractivity contribution in [3.8, 4) is 0 Å². The summed E-state index contributed by atoms with van der Waals surface area (Å²) < 4.78 is 2.13. The fourth-order valence-electron chi connectivity index (χ4n) is 2.53. The minimum atomic E-state index is 0.514. The zero-order valence-corrected chi connectivity index (χ0v) is 13.3. The van der Waals surface area contributed by atoms with Crippen molar-refractivity contribution >= 4 is 28.4 Å². The number of benzene rings is 1. The Morgan fingerprint density at radius 2 is 2.05 bits per heavy atom. The Balaban J connectivity index is 2.02. The van der Waals surface area contributed by atoms with Crippen molar-refractivity contribution < 1.29 is 0 Å². The van der Waals surface area contributed by atoms with E-state index in [-0.39, 0.29) is 0 Å². The standard InChI is InChI=1S/C17H18N4S/c1-12-9-14-17(19-11-12)21(8-7-15(18)22)16(20-14)10-13-5-3-2-4-6-13/h2-6,9,11H,7-8,10H2,1H3,(H2,18,22). The van der Waals surface area contributed by atoms with Crippen LogP contribution in [0.3, 0.4) is 0 Å². The second-order valence-corrected chi connectivity index (χ2v) is 5.94. The number of aryl methyl sites for hydroxylation is 2. The minimum absolute atomic E-state index is 0.514. The Morgan fingerprint density at radius 1 is 1.27 bits per heavy atom. The lowest BCUT2D eigenvalue weighted by atomic mass is 10.1. The first-order valence-electron chi connectivity index (χ1n) is 7.27. The molecule has 112 valence electrons. The molecule has 0 saturated carbocycles. The molecule has 22 heavy (non-hydrogen) atoms. The molecule has 0 fully saturated rings. The number of aromatic nitrogens is 3. The van der Waals surface area contributed by atoms with Gasteiger partial charge in [-0.05, 0) is 24.1 Å². The topological polar surface area (TPSA) is 56.7 Å². The molecule has 4 nitrogen and oxygen atoms in total. The lowest BCUT2D eigenvalue weighted by Crippen LogP contribution is -2.14. The van der Waals surface area contributed by atoms with Gasteiger partial charge in [0.2, 0.25) is 0 Å². The summed E-state index contributed by atoms with van der Waals surface area (Å²) in [5.41, 5.74) is 9.82. The predicted molar refractivity (Wildman–Crippen MR) is 92.9 cm³/mol. The van der Waals surface area contributed by atoms with Crippen LogP contribution in [0.25, 0.3) is 11.2 Å². The summed E-state index contributed by atoms with van der Waals surface area (Å²) in [5, 5.41) is 0. The van der Waals surface area contributed by atoms with E-state index in [9.17, 15) is 0 Å². The molecule has 0 atom stereocenters. The molecule has 0 radical (unpaired) electrons. The largest absolute Gasteiger partial charge is 0.393 e. The molecule has 3 aromatic rings. The van der Waals surface area contributed by atoms with Gasteiger partial charge in [0, 0.05) is 25.6 Å². The smallest absolute Gasteiger partial charge is 0.160 e. The third-order valence-electron chi connectivity index (χ3n) is 3.59. The van der Waals surface area contributed by atoms with Gasteiger partial charge >= 0.3 is 0 Å². The van der Waals surface area contributed by atoms with Crippen LogP contribution in [0.15, 0.2) is 42.6 Å². The normalized spacial score (nSPS) is 11.0. The number of hydrogen-bond donors (Lipinski definition) is 1. The molecule has 2 aromatic heterocycles. The van der Waals surface area contributed by atoms with E-state index in [0.29, 0.717) is 18.0 Å². The van der Waals surface area contributed by atoms with E-state index in [1.807, 2.05) is 31.3 Å². The molecule has 0 spiro atoms. The molecule has 0 bridgehead atoms. The number of nitrogens with two attached hydrogens (primary N) is 1. The third-order valence-corrected chi connectivity index (χ3v) is 3.79. The molecular weight excluding hydrogens is 292 g/mol. The van der Waals surface area contributed by atoms with Crippen LogP contribution >= 0.6 is 12.2 Å². The molecule has 0 amide bonds. The van der Waals surface area contributed by atoms with Gasteiger partial charge in [0.1, 0.15) is 11.3 Å². The second-order valence-electron chi connectivity index (χ2n) is 5.41. The zero-order chi connectivity index (χ0) is 15.5. The number of hydrogen-bond acceptors (Lipinski definition) is 3. The van der Waals surface area contributed by atoms with E-state index in [4.69, 9.17) is 22.9 Å². The first-order chi connectivity index (χ1) is 10.6. The molecule has 5 heteroatoms. The molecule has 0 aliphatic rings. The molecule has 3 rings (SSSR count). The van der Waals surface area contributed by atoms with Gasteiger partial charge in [-0.2, -0.15) is 0 Å². The summed E-state index contributed by atoms with van der Waals surface area (Å²) in [4.78, 5) is 9.81. The highest BCUT2D eigenvalue weighted by molar-refractivity contribution is 7.80. The van der Waals surface area contributed by atoms with Crippen LogP contribution in [0.5, 0.6) is 0 Å². The number of nitrogens with zero attached hydrogens (tertiary/aromatic N) is 3. The van der Waals surface area contributed by atoms with Crippen molar-refractivity contribution in [2.45, 2.75) is 26.3 Å². The number of thiocarbonyl (C=S) groups is 1. The van der Waals surface area contributed by atoms with Crippen molar-refractivity contribution in [1.29, 1.82) is 0 Å². The maximum Gasteiger partial charge on any atom is 0.160 e. The van der Waals surface area contributed by atoms with Gasteiger partial charge in [0.05, 0.1) is 4.99 Å². The Hall–Kier alpha value is -2.27. The number of fused-ring (bicyclic) bond motifs is 1. The van der Waals surface area contributed by atoms with E-state index in [1.54, 1.807) is 0 Å². The molecule has 1 aromatic carbocycles. The van der Waals surface area contributed by atoms with Crippen LogP contribution in [0.1, 0.15) is 23.4 Å². The molecular formula is C17H18N4S. The van der Waals surface area contributed by atoms with Crippen molar-refractivity contribution in [3.05, 3.63) is 59.5 Å². The summed E-state index contributed by atoms with van der Waals surface area (Å²) in [7, 11) is 0. The maximum atomic E-state index is 5.66. The number of pyridine rings is 1. The Morgan fingerprint density at radius 3 is 2.77 bits per heavy atom. The van der Waals surface area contributed by atoms with Gasteiger partial charge in [-0.25, -0.2) is 9.97 Å². The highest BCUT2D eigenvalue weighted by atomic mass is 32.1. The Labute approximate surface area is 135 Å². The van der Waals surface area contributed by atoms with Crippen LogP contribution in [0.2, 0.25) is 0 Å². The summed E-state index contributed by atoms with van der Waals surface area (Å²) in [6.45, 7) is 2.74. The van der Waals surface area contributed by atoms with Gasteiger partial charge in [0.15, 0.2) is 5.65 Å². The first-order valence-corrected chi connectivity index (χ1v) is 7.68. The minimum Gasteiger partial charge on any atom is -0.393 e. The molecule has 2 heterocycles. The van der Waals surface area contributed by atoms with Crippen molar-refractivity contribution in [2.75, 3.05) is 0 Å². The second kappa shape index (κ2) is 6.23. The van der Waals surface area contributed by atoms with Gasteiger partial charge in [-0.3, -0.25) is 0 Å². The molecule has 2 N–H and O–H groups in total. The van der Waals surface area contributed by atoms with Gasteiger partial charge in [-0.1, -0.05) is 42.5 Å². The highest BCUT2D eigenvalue weighted by Gasteiger charge is 2.12. The number of imidazole rings is 1. The zero-order valence-electron chi connectivity index (χ0n) is 12.5. The van der Waals surface area contributed by atoms with Crippen molar-refractivity contribution in [1.82, 2.24) is 14.5 Å². The molecule has 0 saturated heterocycles.